The van der Waals surface area contributed by atoms with E-state index in [0.29, 0.717) is 18.7 Å². The number of hydrogen-bond donors (Lipinski definition) is 2. The average Bonchev–Trinajstić information content (AvgIpc) is 3.06. The van der Waals surface area contributed by atoms with Crippen molar-refractivity contribution in [1.29, 1.82) is 0 Å². The molecule has 1 saturated heterocycles. The van der Waals surface area contributed by atoms with Gasteiger partial charge in [-0.3, -0.25) is 0 Å². The van der Waals surface area contributed by atoms with Gasteiger partial charge in [-0.1, -0.05) is 23.7 Å². The summed E-state index contributed by atoms with van der Waals surface area (Å²) in [5.74, 6) is -1.96. The zero-order chi connectivity index (χ0) is 19.8. The molecule has 3 unspecified atom stereocenters. The van der Waals surface area contributed by atoms with Gasteiger partial charge in [-0.2, -0.15) is 13.2 Å². The van der Waals surface area contributed by atoms with Crippen LogP contribution in [0.15, 0.2) is 36.4 Å². The molecule has 2 aromatic rings. The van der Waals surface area contributed by atoms with Crippen LogP contribution in [0.2, 0.25) is 5.02 Å². The molecule has 3 atom stereocenters. The van der Waals surface area contributed by atoms with E-state index >= 15 is 0 Å². The molecule has 8 heteroatoms. The second kappa shape index (κ2) is 7.73. The van der Waals surface area contributed by atoms with Crippen LogP contribution in [0.5, 0.6) is 0 Å². The standard InChI is InChI=1S/C19H18ClF5N2/c20-15-4-2-11(7-17(15)22)12-8-27-9-13(12)18(26)6-10-1-3-14(16(21)5-10)19(23,24)25/h1-5,7,12-13,18,27H,6,8-9,26H2. The monoisotopic (exact) mass is 404 g/mol. The zero-order valence-corrected chi connectivity index (χ0v) is 14.9. The summed E-state index contributed by atoms with van der Waals surface area (Å²) in [6, 6.07) is 7.01. The van der Waals surface area contributed by atoms with Crippen molar-refractivity contribution in [1.82, 2.24) is 5.32 Å². The van der Waals surface area contributed by atoms with E-state index in [4.69, 9.17) is 17.3 Å². The van der Waals surface area contributed by atoms with Gasteiger partial charge in [-0.05, 0) is 47.7 Å². The number of nitrogens with two attached hydrogens (primary N) is 1. The summed E-state index contributed by atoms with van der Waals surface area (Å²) >= 11 is 5.72. The predicted octanol–water partition coefficient (Wildman–Crippen LogP) is 4.51. The molecule has 0 bridgehead atoms. The number of rotatable bonds is 4. The van der Waals surface area contributed by atoms with E-state index in [-0.39, 0.29) is 23.3 Å². The maximum Gasteiger partial charge on any atom is 0.419 e. The normalized spacial score (nSPS) is 21.4. The molecule has 0 saturated carbocycles. The molecule has 0 amide bonds. The summed E-state index contributed by atoms with van der Waals surface area (Å²) in [7, 11) is 0. The van der Waals surface area contributed by atoms with Crippen molar-refractivity contribution >= 4 is 11.6 Å². The van der Waals surface area contributed by atoms with Crippen LogP contribution < -0.4 is 11.1 Å². The molecule has 0 aromatic heterocycles. The summed E-state index contributed by atoms with van der Waals surface area (Å²) in [6.07, 6.45) is -4.52. The highest BCUT2D eigenvalue weighted by Gasteiger charge is 2.35. The van der Waals surface area contributed by atoms with E-state index in [1.807, 2.05) is 0 Å². The van der Waals surface area contributed by atoms with Crippen LogP contribution >= 0.6 is 11.6 Å². The highest BCUT2D eigenvalue weighted by molar-refractivity contribution is 6.30. The molecular weight excluding hydrogens is 387 g/mol. The van der Waals surface area contributed by atoms with E-state index in [1.165, 1.54) is 18.2 Å². The van der Waals surface area contributed by atoms with Crippen molar-refractivity contribution in [3.63, 3.8) is 0 Å². The molecule has 3 rings (SSSR count). The Kier molecular flexibility index (Phi) is 5.74. The number of benzene rings is 2. The summed E-state index contributed by atoms with van der Waals surface area (Å²) in [5, 5.41) is 3.24. The van der Waals surface area contributed by atoms with Crippen molar-refractivity contribution in [2.75, 3.05) is 13.1 Å². The van der Waals surface area contributed by atoms with Gasteiger partial charge in [0.2, 0.25) is 0 Å². The lowest BCUT2D eigenvalue weighted by Crippen LogP contribution is -2.36. The molecule has 3 N–H and O–H groups in total. The van der Waals surface area contributed by atoms with Crippen LogP contribution in [-0.2, 0) is 12.6 Å². The van der Waals surface area contributed by atoms with Gasteiger partial charge in [0.25, 0.3) is 0 Å². The third kappa shape index (κ3) is 4.42. The smallest absolute Gasteiger partial charge is 0.327 e. The molecule has 2 nitrogen and oxygen atoms in total. The summed E-state index contributed by atoms with van der Waals surface area (Å²) in [6.45, 7) is 1.18. The second-order valence-corrected chi connectivity index (χ2v) is 7.19. The van der Waals surface area contributed by atoms with Crippen LogP contribution in [0, 0.1) is 17.6 Å². The van der Waals surface area contributed by atoms with Crippen molar-refractivity contribution in [3.8, 4) is 0 Å². The Labute approximate surface area is 158 Å². The van der Waals surface area contributed by atoms with Gasteiger partial charge in [-0.15, -0.1) is 0 Å². The fraction of sp³-hybridized carbons (Fsp3) is 0.368. The first kappa shape index (κ1) is 20.0. The van der Waals surface area contributed by atoms with Gasteiger partial charge in [0, 0.05) is 25.0 Å². The quantitative estimate of drug-likeness (QED) is 0.736. The molecule has 27 heavy (non-hydrogen) atoms. The Morgan fingerprint density at radius 2 is 1.81 bits per heavy atom. The lowest BCUT2D eigenvalue weighted by molar-refractivity contribution is -0.140. The van der Waals surface area contributed by atoms with Gasteiger partial charge in [0.1, 0.15) is 11.6 Å². The molecule has 0 aliphatic carbocycles. The number of nitrogens with one attached hydrogen (secondary N) is 1. The Morgan fingerprint density at radius 3 is 2.44 bits per heavy atom. The van der Waals surface area contributed by atoms with E-state index < -0.39 is 29.4 Å². The molecule has 1 aliphatic heterocycles. The summed E-state index contributed by atoms with van der Waals surface area (Å²) in [5.41, 5.74) is 6.12. The SMILES string of the molecule is NC(Cc1ccc(C(F)(F)F)c(F)c1)C1CNCC1c1ccc(Cl)c(F)c1. The molecule has 1 fully saturated rings. The molecule has 1 heterocycles. The van der Waals surface area contributed by atoms with E-state index in [1.54, 1.807) is 6.07 Å². The molecule has 0 radical (unpaired) electrons. The number of hydrogen-bond acceptors (Lipinski definition) is 2. The Bertz CT molecular complexity index is 824. The van der Waals surface area contributed by atoms with Crippen LogP contribution in [0.4, 0.5) is 22.0 Å². The summed E-state index contributed by atoms with van der Waals surface area (Å²) < 4.78 is 65.6. The fourth-order valence-corrected chi connectivity index (χ4v) is 3.71. The Morgan fingerprint density at radius 1 is 1.07 bits per heavy atom. The van der Waals surface area contributed by atoms with Crippen LogP contribution in [0.25, 0.3) is 0 Å². The third-order valence-electron chi connectivity index (χ3n) is 4.99. The minimum Gasteiger partial charge on any atom is -0.327 e. The molecule has 146 valence electrons. The van der Waals surface area contributed by atoms with Gasteiger partial charge in [0.15, 0.2) is 0 Å². The van der Waals surface area contributed by atoms with Crippen molar-refractivity contribution in [2.24, 2.45) is 11.7 Å². The minimum absolute atomic E-state index is 0.0331. The van der Waals surface area contributed by atoms with E-state index in [9.17, 15) is 22.0 Å². The number of halogens is 6. The lowest BCUT2D eigenvalue weighted by Gasteiger charge is -2.25. The maximum absolute atomic E-state index is 13.8. The molecule has 2 aromatic carbocycles. The molecule has 1 aliphatic rings. The highest BCUT2D eigenvalue weighted by atomic mass is 35.5. The largest absolute Gasteiger partial charge is 0.419 e. The summed E-state index contributed by atoms with van der Waals surface area (Å²) in [4.78, 5) is 0. The fourth-order valence-electron chi connectivity index (χ4n) is 3.60. The number of alkyl halides is 3. The maximum atomic E-state index is 13.8. The van der Waals surface area contributed by atoms with Crippen LogP contribution in [0.3, 0.4) is 0 Å². The Hall–Kier alpha value is -1.70. The Balaban J connectivity index is 1.76. The second-order valence-electron chi connectivity index (χ2n) is 6.78. The van der Waals surface area contributed by atoms with Crippen molar-refractivity contribution in [2.45, 2.75) is 24.6 Å². The lowest BCUT2D eigenvalue weighted by atomic mass is 9.82. The van der Waals surface area contributed by atoms with Gasteiger partial charge in [0.05, 0.1) is 10.6 Å². The first-order valence-corrected chi connectivity index (χ1v) is 8.81. The zero-order valence-electron chi connectivity index (χ0n) is 14.2. The molecule has 0 spiro atoms. The van der Waals surface area contributed by atoms with Gasteiger partial charge in [-0.25, -0.2) is 8.78 Å². The van der Waals surface area contributed by atoms with Crippen molar-refractivity contribution in [3.05, 3.63) is 69.7 Å². The van der Waals surface area contributed by atoms with E-state index in [0.717, 1.165) is 17.7 Å². The first-order valence-electron chi connectivity index (χ1n) is 8.43. The van der Waals surface area contributed by atoms with Crippen LogP contribution in [0.1, 0.15) is 22.6 Å². The minimum atomic E-state index is -4.73. The van der Waals surface area contributed by atoms with Crippen molar-refractivity contribution < 1.29 is 22.0 Å². The van der Waals surface area contributed by atoms with Gasteiger partial charge >= 0.3 is 6.18 Å². The van der Waals surface area contributed by atoms with Crippen LogP contribution in [-0.4, -0.2) is 19.1 Å². The molecular formula is C19H18ClF5N2. The van der Waals surface area contributed by atoms with E-state index in [2.05, 4.69) is 5.32 Å². The highest BCUT2D eigenvalue weighted by Crippen LogP contribution is 2.34. The topological polar surface area (TPSA) is 38.0 Å². The first-order chi connectivity index (χ1) is 12.7. The van der Waals surface area contributed by atoms with Gasteiger partial charge < -0.3 is 11.1 Å². The average molecular weight is 405 g/mol. The predicted molar refractivity (Wildman–Crippen MR) is 93.6 cm³/mol. The third-order valence-corrected chi connectivity index (χ3v) is 5.30.